The summed E-state index contributed by atoms with van der Waals surface area (Å²) < 4.78 is 7.86. The maximum Gasteiger partial charge on any atom is 0.312 e. The highest BCUT2D eigenvalue weighted by atomic mass is 16.5. The monoisotopic (exact) mass is 345 g/mol. The van der Waals surface area contributed by atoms with Gasteiger partial charge in [0.15, 0.2) is 5.75 Å². The minimum absolute atomic E-state index is 0.0577. The van der Waals surface area contributed by atoms with E-state index < -0.39 is 0 Å². The van der Waals surface area contributed by atoms with Crippen LogP contribution in [0.25, 0.3) is 37.9 Å². The molecule has 1 aliphatic heterocycles. The van der Waals surface area contributed by atoms with Gasteiger partial charge in [0.25, 0.3) is 0 Å². The molecule has 0 amide bonds. The molecule has 26 heavy (non-hydrogen) atoms. The lowest BCUT2D eigenvalue weighted by atomic mass is 10.1. The van der Waals surface area contributed by atoms with Crippen LogP contribution in [0, 0.1) is 6.57 Å². The molecule has 4 aromatic heterocycles. The first kappa shape index (κ1) is 14.9. The number of hydrogen-bond donors (Lipinski definition) is 2. The molecule has 1 aliphatic rings. The Labute approximate surface area is 148 Å². The number of nitrogens with one attached hydrogen (secondary N) is 2. The first-order chi connectivity index (χ1) is 12.7. The third-order valence-electron chi connectivity index (χ3n) is 4.60. The number of pyridine rings is 2. The number of ether oxygens (including phenoxy) is 1. The van der Waals surface area contributed by atoms with Crippen molar-refractivity contribution in [1.82, 2.24) is 30.0 Å². The average molecular weight is 345 g/mol. The molecule has 0 aromatic carbocycles. The maximum atomic E-state index is 7.45. The largest absolute Gasteiger partial charge is 0.496 e. The van der Waals surface area contributed by atoms with Crippen molar-refractivity contribution < 1.29 is 4.74 Å². The SMILES string of the molecule is [C-]#[N+]c1ncc2[nH]c3ncc(-c4cnn(C)c4)cc3c2c1OC1CNC1. The van der Waals surface area contributed by atoms with E-state index in [0.29, 0.717) is 5.75 Å². The number of H-pyrrole nitrogens is 1. The van der Waals surface area contributed by atoms with Gasteiger partial charge in [-0.3, -0.25) is 4.68 Å². The van der Waals surface area contributed by atoms with Gasteiger partial charge in [-0.2, -0.15) is 5.10 Å². The Morgan fingerprint density at radius 3 is 2.81 bits per heavy atom. The highest BCUT2D eigenvalue weighted by Crippen LogP contribution is 2.40. The molecular weight excluding hydrogens is 330 g/mol. The second-order valence-corrected chi connectivity index (χ2v) is 6.36. The zero-order valence-electron chi connectivity index (χ0n) is 14.0. The first-order valence-corrected chi connectivity index (χ1v) is 8.27. The quantitative estimate of drug-likeness (QED) is 0.557. The van der Waals surface area contributed by atoms with Crippen LogP contribution in [-0.4, -0.2) is 43.9 Å². The Balaban J connectivity index is 1.76. The zero-order valence-corrected chi connectivity index (χ0v) is 14.0. The van der Waals surface area contributed by atoms with E-state index >= 15 is 0 Å². The smallest absolute Gasteiger partial charge is 0.312 e. The molecule has 8 heteroatoms. The van der Waals surface area contributed by atoms with Crippen LogP contribution in [0.5, 0.6) is 5.75 Å². The van der Waals surface area contributed by atoms with Crippen molar-refractivity contribution in [2.45, 2.75) is 6.10 Å². The van der Waals surface area contributed by atoms with Crippen LogP contribution in [0.4, 0.5) is 5.82 Å². The van der Waals surface area contributed by atoms with E-state index in [1.165, 1.54) is 0 Å². The average Bonchev–Trinajstić information content (AvgIpc) is 3.20. The van der Waals surface area contributed by atoms with Gasteiger partial charge in [0.1, 0.15) is 17.9 Å². The minimum Gasteiger partial charge on any atom is -0.496 e. The molecule has 2 N–H and O–H groups in total. The van der Waals surface area contributed by atoms with Gasteiger partial charge in [-0.05, 0) is 6.07 Å². The van der Waals surface area contributed by atoms with Gasteiger partial charge >= 0.3 is 5.82 Å². The van der Waals surface area contributed by atoms with E-state index in [1.807, 2.05) is 19.4 Å². The lowest BCUT2D eigenvalue weighted by Crippen LogP contribution is -2.50. The van der Waals surface area contributed by atoms with Gasteiger partial charge in [0, 0.05) is 54.4 Å². The second-order valence-electron chi connectivity index (χ2n) is 6.36. The van der Waals surface area contributed by atoms with Crippen LogP contribution in [0.2, 0.25) is 0 Å². The topological polar surface area (TPSA) is 85.0 Å². The van der Waals surface area contributed by atoms with E-state index in [2.05, 4.69) is 36.3 Å². The van der Waals surface area contributed by atoms with E-state index in [1.54, 1.807) is 17.1 Å². The van der Waals surface area contributed by atoms with Crippen molar-refractivity contribution in [3.8, 4) is 16.9 Å². The van der Waals surface area contributed by atoms with Crippen molar-refractivity contribution in [3.63, 3.8) is 0 Å². The van der Waals surface area contributed by atoms with Crippen molar-refractivity contribution >= 4 is 27.8 Å². The molecule has 128 valence electrons. The highest BCUT2D eigenvalue weighted by molar-refractivity contribution is 6.11. The fourth-order valence-corrected chi connectivity index (χ4v) is 3.16. The molecule has 0 spiro atoms. The summed E-state index contributed by atoms with van der Waals surface area (Å²) in [4.78, 5) is 15.6. The van der Waals surface area contributed by atoms with Crippen molar-refractivity contribution in [3.05, 3.63) is 42.3 Å². The van der Waals surface area contributed by atoms with Gasteiger partial charge < -0.3 is 19.9 Å². The Morgan fingerprint density at radius 1 is 1.23 bits per heavy atom. The standard InChI is InChI=1S/C18H15N7O/c1-19-18-16(26-12-6-20-7-12)15-13-3-10(11-5-23-25(2)9-11)4-21-17(13)24-14(15)8-22-18/h3-5,8-9,12,20H,6-7H2,2H3,(H,21,24). The van der Waals surface area contributed by atoms with E-state index in [4.69, 9.17) is 11.3 Å². The molecule has 8 nitrogen and oxygen atoms in total. The zero-order chi connectivity index (χ0) is 17.7. The fraction of sp³-hybridized carbons (Fsp3) is 0.222. The van der Waals surface area contributed by atoms with Crippen LogP contribution in [0.3, 0.4) is 0 Å². The maximum absolute atomic E-state index is 7.45. The molecule has 5 heterocycles. The second kappa shape index (κ2) is 5.54. The molecule has 0 aliphatic carbocycles. The molecule has 0 unspecified atom stereocenters. The predicted molar refractivity (Wildman–Crippen MR) is 97.1 cm³/mol. The third kappa shape index (κ3) is 2.22. The van der Waals surface area contributed by atoms with Crippen LogP contribution in [0.15, 0.2) is 30.9 Å². The Bertz CT molecular complexity index is 1180. The summed E-state index contributed by atoms with van der Waals surface area (Å²) in [7, 11) is 1.88. The number of aromatic nitrogens is 5. The number of rotatable bonds is 3. The summed E-state index contributed by atoms with van der Waals surface area (Å²) in [6, 6.07) is 2.05. The number of fused-ring (bicyclic) bond motifs is 3. The lowest BCUT2D eigenvalue weighted by Gasteiger charge is -2.28. The van der Waals surface area contributed by atoms with Gasteiger partial charge in [0.05, 0.1) is 11.7 Å². The van der Waals surface area contributed by atoms with Crippen LogP contribution >= 0.6 is 0 Å². The van der Waals surface area contributed by atoms with Crippen molar-refractivity contribution in [2.75, 3.05) is 13.1 Å². The summed E-state index contributed by atoms with van der Waals surface area (Å²) in [5, 5.41) is 9.17. The molecule has 5 rings (SSSR count). The van der Waals surface area contributed by atoms with Gasteiger partial charge in [-0.1, -0.05) is 6.57 Å². The van der Waals surface area contributed by atoms with Gasteiger partial charge in [-0.25, -0.2) is 4.98 Å². The van der Waals surface area contributed by atoms with Crippen LogP contribution in [-0.2, 0) is 7.05 Å². The Hall–Kier alpha value is -3.44. The molecule has 0 radical (unpaired) electrons. The molecule has 4 aromatic rings. The number of aryl methyl sites for hydroxylation is 1. The first-order valence-electron chi connectivity index (χ1n) is 8.27. The van der Waals surface area contributed by atoms with E-state index in [9.17, 15) is 0 Å². The predicted octanol–water partition coefficient (Wildman–Crippen LogP) is 2.41. The number of hydrogen-bond acceptors (Lipinski definition) is 5. The lowest BCUT2D eigenvalue weighted by molar-refractivity contribution is 0.145. The summed E-state index contributed by atoms with van der Waals surface area (Å²) in [6.45, 7) is 9.00. The molecule has 1 fully saturated rings. The Kier molecular flexibility index (Phi) is 3.17. The minimum atomic E-state index is 0.0577. The summed E-state index contributed by atoms with van der Waals surface area (Å²) in [6.07, 6.45) is 7.29. The van der Waals surface area contributed by atoms with Gasteiger partial charge in [-0.15, -0.1) is 4.98 Å². The Morgan fingerprint density at radius 2 is 2.12 bits per heavy atom. The van der Waals surface area contributed by atoms with Crippen molar-refractivity contribution in [1.29, 1.82) is 0 Å². The van der Waals surface area contributed by atoms with Crippen LogP contribution in [0.1, 0.15) is 0 Å². The van der Waals surface area contributed by atoms with E-state index in [0.717, 1.165) is 46.2 Å². The summed E-state index contributed by atoms with van der Waals surface area (Å²) in [5.41, 5.74) is 3.50. The normalized spacial score (nSPS) is 14.5. The molecule has 0 atom stereocenters. The molecule has 1 saturated heterocycles. The number of aromatic amines is 1. The third-order valence-corrected chi connectivity index (χ3v) is 4.60. The molecule has 0 bridgehead atoms. The highest BCUT2D eigenvalue weighted by Gasteiger charge is 2.24. The molecular formula is C18H15N7O. The number of nitrogens with zero attached hydrogens (tertiary/aromatic N) is 5. The van der Waals surface area contributed by atoms with E-state index in [-0.39, 0.29) is 11.9 Å². The summed E-state index contributed by atoms with van der Waals surface area (Å²) >= 11 is 0. The fourth-order valence-electron chi connectivity index (χ4n) is 3.16. The molecule has 0 saturated carbocycles. The van der Waals surface area contributed by atoms with Crippen LogP contribution < -0.4 is 10.1 Å². The summed E-state index contributed by atoms with van der Waals surface area (Å²) in [5.74, 6) is 0.803. The van der Waals surface area contributed by atoms with Crippen molar-refractivity contribution in [2.24, 2.45) is 7.05 Å². The van der Waals surface area contributed by atoms with Gasteiger partial charge in [0.2, 0.25) is 0 Å².